The highest BCUT2D eigenvalue weighted by Crippen LogP contribution is 2.28. The minimum absolute atomic E-state index is 0.165. The summed E-state index contributed by atoms with van der Waals surface area (Å²) in [5, 5.41) is 7.10. The highest BCUT2D eigenvalue weighted by atomic mass is 35.5. The number of rotatable bonds is 5. The lowest BCUT2D eigenvalue weighted by molar-refractivity contribution is 0.103. The maximum Gasteiger partial charge on any atom is 0.267 e. The van der Waals surface area contributed by atoms with Crippen LogP contribution in [0.25, 0.3) is 0 Å². The van der Waals surface area contributed by atoms with Gasteiger partial charge in [0.25, 0.3) is 5.91 Å². The van der Waals surface area contributed by atoms with Gasteiger partial charge in [0.05, 0.1) is 16.9 Å². The van der Waals surface area contributed by atoms with E-state index in [1.165, 1.54) is 17.5 Å². The van der Waals surface area contributed by atoms with Crippen LogP contribution in [0.4, 0.5) is 22.5 Å². The van der Waals surface area contributed by atoms with Gasteiger partial charge >= 0.3 is 0 Å². The fraction of sp³-hybridized carbons (Fsp3) is 0.300. The molecule has 10 heteroatoms. The van der Waals surface area contributed by atoms with Crippen LogP contribution in [-0.2, 0) is 0 Å². The maximum atomic E-state index is 12.6. The summed E-state index contributed by atoms with van der Waals surface area (Å²) in [6.45, 7) is 5.39. The number of carbonyl (C=O) groups excluding carboxylic acids is 1. The van der Waals surface area contributed by atoms with Crippen molar-refractivity contribution < 1.29 is 4.79 Å². The van der Waals surface area contributed by atoms with E-state index >= 15 is 0 Å². The quantitative estimate of drug-likeness (QED) is 0.551. The molecule has 1 aromatic carbocycles. The Bertz CT molecular complexity index is 1070. The summed E-state index contributed by atoms with van der Waals surface area (Å²) in [6, 6.07) is 7.52. The lowest BCUT2D eigenvalue weighted by Crippen LogP contribution is -2.27. The van der Waals surface area contributed by atoms with Crippen LogP contribution in [0, 0.1) is 13.8 Å². The number of carbonyl (C=O) groups is 1. The first-order valence-corrected chi connectivity index (χ1v) is 10.7. The number of aryl methyl sites for hydroxylation is 2. The van der Waals surface area contributed by atoms with E-state index in [1.807, 2.05) is 32.0 Å². The van der Waals surface area contributed by atoms with Crippen molar-refractivity contribution in [3.05, 3.63) is 51.7 Å². The molecule has 30 heavy (non-hydrogen) atoms. The summed E-state index contributed by atoms with van der Waals surface area (Å²) in [6.07, 6.45) is 2.48. The van der Waals surface area contributed by atoms with Crippen LogP contribution in [0.2, 0.25) is 5.02 Å². The molecule has 0 radical (unpaired) electrons. The molecule has 3 heterocycles. The van der Waals surface area contributed by atoms with Gasteiger partial charge < -0.3 is 21.3 Å². The topological polar surface area (TPSA) is 109 Å². The molecule has 1 saturated heterocycles. The van der Waals surface area contributed by atoms with E-state index in [1.54, 1.807) is 6.07 Å². The number of nitrogens with one attached hydrogen (secondary N) is 2. The number of halogens is 1. The second kappa shape index (κ2) is 8.55. The van der Waals surface area contributed by atoms with Crippen LogP contribution in [0.3, 0.4) is 0 Å². The first kappa shape index (κ1) is 20.5. The summed E-state index contributed by atoms with van der Waals surface area (Å²) >= 11 is 7.44. The molecule has 2 aromatic heterocycles. The number of benzene rings is 1. The Morgan fingerprint density at radius 2 is 2.17 bits per heavy atom. The van der Waals surface area contributed by atoms with Crippen LogP contribution in [-0.4, -0.2) is 40.0 Å². The Kier molecular flexibility index (Phi) is 5.85. The zero-order chi connectivity index (χ0) is 21.3. The van der Waals surface area contributed by atoms with Crippen molar-refractivity contribution in [3.63, 3.8) is 0 Å². The van der Waals surface area contributed by atoms with Crippen LogP contribution in [0.1, 0.15) is 27.5 Å². The molecule has 0 bridgehead atoms. The molecule has 4 rings (SSSR count). The van der Waals surface area contributed by atoms with E-state index in [4.69, 9.17) is 17.3 Å². The van der Waals surface area contributed by atoms with Crippen molar-refractivity contribution in [2.75, 3.05) is 28.6 Å². The summed E-state index contributed by atoms with van der Waals surface area (Å²) in [5.74, 6) is 1.85. The third-order valence-corrected chi connectivity index (χ3v) is 6.02. The summed E-state index contributed by atoms with van der Waals surface area (Å²) < 4.78 is 0. The van der Waals surface area contributed by atoms with Crippen LogP contribution in [0.5, 0.6) is 0 Å². The molecular weight excluding hydrogens is 422 g/mol. The maximum absolute atomic E-state index is 12.6. The molecule has 0 unspecified atom stereocenters. The Morgan fingerprint density at radius 3 is 2.90 bits per heavy atom. The number of nitrogens with two attached hydrogens (primary N) is 1. The van der Waals surface area contributed by atoms with Crippen LogP contribution >= 0.6 is 22.9 Å². The highest BCUT2D eigenvalue weighted by molar-refractivity contribution is 7.17. The van der Waals surface area contributed by atoms with Gasteiger partial charge in [-0.15, -0.1) is 0 Å². The van der Waals surface area contributed by atoms with Gasteiger partial charge in [-0.05, 0) is 31.9 Å². The van der Waals surface area contributed by atoms with E-state index in [2.05, 4.69) is 30.5 Å². The van der Waals surface area contributed by atoms with Gasteiger partial charge in [0.2, 0.25) is 0 Å². The average Bonchev–Trinajstić information content (AvgIpc) is 3.33. The number of aromatic nitrogens is 3. The van der Waals surface area contributed by atoms with Gasteiger partial charge in [-0.2, -0.15) is 0 Å². The molecule has 1 aliphatic rings. The largest absolute Gasteiger partial charge is 0.355 e. The van der Waals surface area contributed by atoms with E-state index < -0.39 is 0 Å². The predicted molar refractivity (Wildman–Crippen MR) is 121 cm³/mol. The molecule has 1 aliphatic heterocycles. The Morgan fingerprint density at radius 1 is 1.33 bits per heavy atom. The zero-order valence-corrected chi connectivity index (χ0v) is 18.2. The molecule has 156 valence electrons. The Balaban J connectivity index is 1.48. The average molecular weight is 444 g/mol. The third-order valence-electron chi connectivity index (χ3n) is 4.80. The summed E-state index contributed by atoms with van der Waals surface area (Å²) in [5.41, 5.74) is 7.51. The number of thiazole rings is 1. The van der Waals surface area contributed by atoms with Crippen molar-refractivity contribution in [1.29, 1.82) is 0 Å². The van der Waals surface area contributed by atoms with Crippen molar-refractivity contribution in [2.45, 2.75) is 26.3 Å². The number of amides is 1. The van der Waals surface area contributed by atoms with Crippen molar-refractivity contribution in [2.24, 2.45) is 5.73 Å². The lowest BCUT2D eigenvalue weighted by atomic mass is 10.2. The number of hydrogen-bond acceptors (Lipinski definition) is 8. The van der Waals surface area contributed by atoms with Crippen LogP contribution < -0.4 is 21.3 Å². The van der Waals surface area contributed by atoms with Gasteiger partial charge in [0.1, 0.15) is 22.3 Å². The summed E-state index contributed by atoms with van der Waals surface area (Å²) in [4.78, 5) is 28.5. The SMILES string of the molecule is Cc1nc(Nc2ncc(C(=O)Nc3c(C)cccc3Cl)s2)cc(N2CC[C@@H](N)C2)n1. The Hall–Kier alpha value is -2.75. The minimum atomic E-state index is -0.262. The van der Waals surface area contributed by atoms with Gasteiger partial charge in [-0.25, -0.2) is 15.0 Å². The predicted octanol–water partition coefficient (Wildman–Crippen LogP) is 3.74. The van der Waals surface area contributed by atoms with Gasteiger partial charge in [-0.3, -0.25) is 4.79 Å². The Labute approximate surface area is 183 Å². The standard InChI is InChI=1S/C20H22ClN7OS/c1-11-4-3-5-14(21)18(11)27-19(29)15-9-23-20(30-15)26-16-8-17(25-12(2)24-16)28-7-6-13(22)10-28/h3-5,8-9,13H,6-7,10,22H2,1-2H3,(H,27,29)(H,23,24,25,26)/t13-/m1/s1. The van der Waals surface area contributed by atoms with E-state index in [0.29, 0.717) is 32.4 Å². The minimum Gasteiger partial charge on any atom is -0.355 e. The molecule has 0 aliphatic carbocycles. The van der Waals surface area contributed by atoms with E-state index in [9.17, 15) is 4.79 Å². The molecule has 3 aromatic rings. The molecule has 1 fully saturated rings. The number of anilines is 4. The van der Waals surface area contributed by atoms with Crippen molar-refractivity contribution in [1.82, 2.24) is 15.0 Å². The lowest BCUT2D eigenvalue weighted by Gasteiger charge is -2.18. The number of nitrogens with zero attached hydrogens (tertiary/aromatic N) is 4. The highest BCUT2D eigenvalue weighted by Gasteiger charge is 2.21. The second-order valence-electron chi connectivity index (χ2n) is 7.19. The fourth-order valence-corrected chi connectivity index (χ4v) is 4.27. The summed E-state index contributed by atoms with van der Waals surface area (Å²) in [7, 11) is 0. The molecular formula is C20H22ClN7OS. The number of para-hydroxylation sites is 1. The monoisotopic (exact) mass is 443 g/mol. The number of hydrogen-bond donors (Lipinski definition) is 3. The van der Waals surface area contributed by atoms with Crippen LogP contribution in [0.15, 0.2) is 30.5 Å². The fourth-order valence-electron chi connectivity index (χ4n) is 3.29. The van der Waals surface area contributed by atoms with Crippen molar-refractivity contribution in [3.8, 4) is 0 Å². The first-order valence-electron chi connectivity index (χ1n) is 9.54. The molecule has 4 N–H and O–H groups in total. The van der Waals surface area contributed by atoms with Gasteiger partial charge in [-0.1, -0.05) is 35.1 Å². The molecule has 0 spiro atoms. The zero-order valence-electron chi connectivity index (χ0n) is 16.6. The van der Waals surface area contributed by atoms with Gasteiger partial charge in [0.15, 0.2) is 5.13 Å². The second-order valence-corrected chi connectivity index (χ2v) is 8.63. The van der Waals surface area contributed by atoms with Crippen molar-refractivity contribution >= 4 is 51.3 Å². The molecule has 8 nitrogen and oxygen atoms in total. The third kappa shape index (κ3) is 4.53. The first-order chi connectivity index (χ1) is 14.4. The molecule has 0 saturated carbocycles. The normalized spacial score (nSPS) is 16.0. The van der Waals surface area contributed by atoms with Gasteiger partial charge in [0, 0.05) is 25.2 Å². The molecule has 1 amide bonds. The van der Waals surface area contributed by atoms with E-state index in [0.717, 1.165) is 30.9 Å². The molecule has 1 atom stereocenters. The van der Waals surface area contributed by atoms with E-state index in [-0.39, 0.29) is 11.9 Å². The smallest absolute Gasteiger partial charge is 0.267 e.